The Balaban J connectivity index is 2.13. The zero-order valence-electron chi connectivity index (χ0n) is 12.7. The summed E-state index contributed by atoms with van der Waals surface area (Å²) in [5, 5.41) is 5.47. The van der Waals surface area contributed by atoms with Crippen molar-refractivity contribution in [1.29, 1.82) is 0 Å². The lowest BCUT2D eigenvalue weighted by molar-refractivity contribution is -0.139. The van der Waals surface area contributed by atoms with Crippen molar-refractivity contribution in [2.45, 2.75) is 70.9 Å². The first-order valence-corrected chi connectivity index (χ1v) is 7.80. The predicted molar refractivity (Wildman–Crippen MR) is 78.3 cm³/mol. The number of carbonyl (C=O) groups excluding carboxylic acids is 2. The quantitative estimate of drug-likeness (QED) is 0.444. The highest BCUT2D eigenvalue weighted by Crippen LogP contribution is 2.16. The molecule has 1 saturated carbocycles. The Morgan fingerprint density at radius 1 is 1.10 bits per heavy atom. The molecule has 0 aromatic carbocycles. The molecule has 0 aromatic heterocycles. The van der Waals surface area contributed by atoms with Crippen LogP contribution in [0.4, 0.5) is 0 Å². The third-order valence-electron chi connectivity index (χ3n) is 3.45. The molecule has 20 heavy (non-hydrogen) atoms. The molecule has 0 radical (unpaired) electrons. The maximum atomic E-state index is 11.7. The number of hydrogen-bond donors (Lipinski definition) is 2. The van der Waals surface area contributed by atoms with E-state index in [1.54, 1.807) is 0 Å². The molecule has 0 heterocycles. The lowest BCUT2D eigenvalue weighted by Gasteiger charge is -2.15. The van der Waals surface area contributed by atoms with Crippen molar-refractivity contribution in [1.82, 2.24) is 10.6 Å². The van der Waals surface area contributed by atoms with E-state index in [1.165, 1.54) is 12.8 Å². The monoisotopic (exact) mass is 284 g/mol. The van der Waals surface area contributed by atoms with Crippen molar-refractivity contribution in [3.63, 3.8) is 0 Å². The molecule has 1 rings (SSSR count). The molecule has 1 aliphatic rings. The molecule has 2 N–H and O–H groups in total. The van der Waals surface area contributed by atoms with Crippen LogP contribution in [0.2, 0.25) is 0 Å². The molecule has 0 spiro atoms. The van der Waals surface area contributed by atoms with Gasteiger partial charge in [0.1, 0.15) is 0 Å². The molecule has 0 atom stereocenters. The summed E-state index contributed by atoms with van der Waals surface area (Å²) in [6.45, 7) is 5.02. The fraction of sp³-hybridized carbons (Fsp3) is 0.867. The van der Waals surface area contributed by atoms with Crippen LogP contribution in [0.1, 0.15) is 58.8 Å². The summed E-state index contributed by atoms with van der Waals surface area (Å²) in [5.41, 5.74) is 0. The van der Waals surface area contributed by atoms with Crippen molar-refractivity contribution in [3.05, 3.63) is 0 Å². The second kappa shape index (κ2) is 9.75. The smallest absolute Gasteiger partial charge is 0.309 e. The second-order valence-corrected chi connectivity index (χ2v) is 5.69. The Labute approximate surface area is 121 Å². The Hall–Kier alpha value is -1.10. The first-order chi connectivity index (χ1) is 9.59. The van der Waals surface area contributed by atoms with E-state index < -0.39 is 11.8 Å². The Kier molecular flexibility index (Phi) is 8.26. The molecule has 0 bridgehead atoms. The van der Waals surface area contributed by atoms with Crippen molar-refractivity contribution in [2.24, 2.45) is 0 Å². The van der Waals surface area contributed by atoms with E-state index in [-0.39, 0.29) is 12.1 Å². The number of carbonyl (C=O) groups is 2. The van der Waals surface area contributed by atoms with Crippen LogP contribution in [0.5, 0.6) is 0 Å². The summed E-state index contributed by atoms with van der Waals surface area (Å²) in [4.78, 5) is 23.4. The van der Waals surface area contributed by atoms with Gasteiger partial charge in [0.05, 0.1) is 6.10 Å². The average Bonchev–Trinajstić information content (AvgIpc) is 2.66. The highest BCUT2D eigenvalue weighted by atomic mass is 16.5. The molecule has 1 fully saturated rings. The third-order valence-corrected chi connectivity index (χ3v) is 3.45. The van der Waals surface area contributed by atoms with E-state index in [0.29, 0.717) is 13.2 Å². The molecule has 116 valence electrons. The molecule has 2 amide bonds. The van der Waals surface area contributed by atoms with Gasteiger partial charge in [-0.15, -0.1) is 0 Å². The molecule has 0 aromatic rings. The summed E-state index contributed by atoms with van der Waals surface area (Å²) in [6, 6.07) is 0.167. The SMILES string of the molecule is CC(C)OCCCNC(=O)C(=O)NC1CCCCCC1. The summed E-state index contributed by atoms with van der Waals surface area (Å²) < 4.78 is 5.37. The van der Waals surface area contributed by atoms with Gasteiger partial charge in [0, 0.05) is 19.2 Å². The van der Waals surface area contributed by atoms with Gasteiger partial charge in [0.2, 0.25) is 0 Å². The first kappa shape index (κ1) is 17.0. The van der Waals surface area contributed by atoms with Gasteiger partial charge in [-0.2, -0.15) is 0 Å². The van der Waals surface area contributed by atoms with Crippen LogP contribution in [0, 0.1) is 0 Å². The van der Waals surface area contributed by atoms with Crippen molar-refractivity contribution in [3.8, 4) is 0 Å². The van der Waals surface area contributed by atoms with E-state index >= 15 is 0 Å². The van der Waals surface area contributed by atoms with Crippen LogP contribution in [0.3, 0.4) is 0 Å². The number of nitrogens with one attached hydrogen (secondary N) is 2. The molecule has 1 aliphatic carbocycles. The zero-order chi connectivity index (χ0) is 14.8. The standard InChI is InChI=1S/C15H28N2O3/c1-12(2)20-11-7-10-16-14(18)15(19)17-13-8-5-3-4-6-9-13/h12-13H,3-11H2,1-2H3,(H,16,18)(H,17,19). The molecule has 5 heteroatoms. The Morgan fingerprint density at radius 2 is 1.75 bits per heavy atom. The van der Waals surface area contributed by atoms with Crippen molar-refractivity contribution < 1.29 is 14.3 Å². The lowest BCUT2D eigenvalue weighted by atomic mass is 10.1. The maximum Gasteiger partial charge on any atom is 0.309 e. The minimum atomic E-state index is -0.529. The van der Waals surface area contributed by atoms with E-state index in [1.807, 2.05) is 13.8 Å². The summed E-state index contributed by atoms with van der Waals surface area (Å²) in [5.74, 6) is -1.03. The minimum absolute atomic E-state index is 0.167. The number of hydrogen-bond acceptors (Lipinski definition) is 3. The minimum Gasteiger partial charge on any atom is -0.379 e. The van der Waals surface area contributed by atoms with Crippen LogP contribution in [-0.2, 0) is 14.3 Å². The van der Waals surface area contributed by atoms with Crippen LogP contribution in [-0.4, -0.2) is 37.1 Å². The second-order valence-electron chi connectivity index (χ2n) is 5.69. The molecule has 0 saturated heterocycles. The van der Waals surface area contributed by atoms with Gasteiger partial charge in [0.15, 0.2) is 0 Å². The molecular weight excluding hydrogens is 256 g/mol. The van der Waals surface area contributed by atoms with Gasteiger partial charge in [-0.1, -0.05) is 25.7 Å². The van der Waals surface area contributed by atoms with Crippen molar-refractivity contribution in [2.75, 3.05) is 13.2 Å². The Bertz CT molecular complexity index is 297. The van der Waals surface area contributed by atoms with Gasteiger partial charge >= 0.3 is 11.8 Å². The van der Waals surface area contributed by atoms with Crippen LogP contribution in [0.25, 0.3) is 0 Å². The highest BCUT2D eigenvalue weighted by Gasteiger charge is 2.19. The zero-order valence-corrected chi connectivity index (χ0v) is 12.7. The molecular formula is C15H28N2O3. The number of amides is 2. The number of ether oxygens (including phenoxy) is 1. The summed E-state index contributed by atoms with van der Waals surface area (Å²) in [6.07, 6.45) is 7.63. The van der Waals surface area contributed by atoms with Gasteiger partial charge in [0.25, 0.3) is 0 Å². The van der Waals surface area contributed by atoms with Gasteiger partial charge < -0.3 is 15.4 Å². The Morgan fingerprint density at radius 3 is 2.35 bits per heavy atom. The van der Waals surface area contributed by atoms with Gasteiger partial charge in [-0.25, -0.2) is 0 Å². The lowest BCUT2D eigenvalue weighted by Crippen LogP contribution is -2.44. The molecule has 0 aliphatic heterocycles. The van der Waals surface area contributed by atoms with Crippen LogP contribution < -0.4 is 10.6 Å². The van der Waals surface area contributed by atoms with E-state index in [2.05, 4.69) is 10.6 Å². The highest BCUT2D eigenvalue weighted by molar-refractivity contribution is 6.35. The van der Waals surface area contributed by atoms with E-state index in [4.69, 9.17) is 4.74 Å². The van der Waals surface area contributed by atoms with E-state index in [0.717, 1.165) is 32.1 Å². The fourth-order valence-electron chi connectivity index (χ4n) is 2.35. The number of rotatable bonds is 6. The third kappa shape index (κ3) is 7.48. The van der Waals surface area contributed by atoms with Crippen LogP contribution >= 0.6 is 0 Å². The topological polar surface area (TPSA) is 67.4 Å². The summed E-state index contributed by atoms with van der Waals surface area (Å²) >= 11 is 0. The van der Waals surface area contributed by atoms with Crippen molar-refractivity contribution >= 4 is 11.8 Å². The molecule has 5 nitrogen and oxygen atoms in total. The maximum absolute atomic E-state index is 11.7. The van der Waals surface area contributed by atoms with Crippen LogP contribution in [0.15, 0.2) is 0 Å². The van der Waals surface area contributed by atoms with Gasteiger partial charge in [-0.05, 0) is 33.1 Å². The largest absolute Gasteiger partial charge is 0.379 e. The summed E-state index contributed by atoms with van der Waals surface area (Å²) in [7, 11) is 0. The first-order valence-electron chi connectivity index (χ1n) is 7.80. The fourth-order valence-corrected chi connectivity index (χ4v) is 2.35. The normalized spacial score (nSPS) is 16.8. The average molecular weight is 284 g/mol. The van der Waals surface area contributed by atoms with Gasteiger partial charge in [-0.3, -0.25) is 9.59 Å². The molecule has 0 unspecified atom stereocenters. The predicted octanol–water partition coefficient (Wildman–Crippen LogP) is 1.76. The van der Waals surface area contributed by atoms with E-state index in [9.17, 15) is 9.59 Å².